The fraction of sp³-hybridized carbons (Fsp3) is 0.723. The van der Waals surface area contributed by atoms with Crippen molar-refractivity contribution in [3.63, 3.8) is 0 Å². The number of esters is 1. The number of hydroxylamine groups is 2. The fourth-order valence-corrected chi connectivity index (χ4v) is 12.6. The Balaban J connectivity index is 1.36. The van der Waals surface area contributed by atoms with Gasteiger partial charge in [-0.2, -0.15) is 5.06 Å². The lowest BCUT2D eigenvalue weighted by Gasteiger charge is -2.46. The molecule has 0 amide bonds. The van der Waals surface area contributed by atoms with E-state index in [1.807, 2.05) is 13.0 Å². The summed E-state index contributed by atoms with van der Waals surface area (Å²) in [6.45, 7) is 35.8. The quantitative estimate of drug-likeness (QED) is 0.164. The van der Waals surface area contributed by atoms with Crippen LogP contribution in [0.2, 0.25) is 36.3 Å². The lowest BCUT2D eigenvalue weighted by molar-refractivity contribution is -0.220. The highest BCUT2D eigenvalue weighted by molar-refractivity contribution is 6.74. The van der Waals surface area contributed by atoms with E-state index in [-0.39, 0.29) is 39.7 Å². The minimum atomic E-state index is -2.03. The van der Waals surface area contributed by atoms with Crippen LogP contribution in [0.4, 0.5) is 0 Å². The molecule has 55 heavy (non-hydrogen) atoms. The number of rotatable bonds is 11. The van der Waals surface area contributed by atoms with Gasteiger partial charge in [-0.05, 0) is 128 Å². The van der Waals surface area contributed by atoms with Crippen molar-refractivity contribution in [1.82, 2.24) is 5.06 Å². The molecule has 308 valence electrons. The zero-order valence-electron chi connectivity index (χ0n) is 37.3. The molecule has 0 N–H and O–H groups in total. The highest BCUT2D eigenvalue weighted by atomic mass is 28.4. The van der Waals surface area contributed by atoms with Crippen molar-refractivity contribution in [2.75, 3.05) is 7.11 Å². The number of hydrogen-bond donors (Lipinski definition) is 0. The van der Waals surface area contributed by atoms with Crippen LogP contribution in [0.15, 0.2) is 65.8 Å². The van der Waals surface area contributed by atoms with Crippen molar-refractivity contribution in [2.45, 2.75) is 187 Å². The van der Waals surface area contributed by atoms with Crippen molar-refractivity contribution in [3.05, 3.63) is 71.3 Å². The second kappa shape index (κ2) is 16.4. The summed E-state index contributed by atoms with van der Waals surface area (Å²) in [6.07, 6.45) is 14.7. The Bertz CT molecular complexity index is 1590. The molecule has 0 radical (unpaired) electrons. The first-order chi connectivity index (χ1) is 25.4. The maximum atomic E-state index is 12.9. The summed E-state index contributed by atoms with van der Waals surface area (Å²) in [5.41, 5.74) is 4.57. The molecular formula is C47H77NO5Si2. The van der Waals surface area contributed by atoms with Crippen LogP contribution >= 0.6 is 0 Å². The molecular weight excluding hydrogens is 715 g/mol. The van der Waals surface area contributed by atoms with E-state index in [1.165, 1.54) is 50.4 Å². The molecule has 3 saturated carbocycles. The molecule has 0 bridgehead atoms. The van der Waals surface area contributed by atoms with Crippen LogP contribution in [0.25, 0.3) is 0 Å². The Morgan fingerprint density at radius 3 is 2.25 bits per heavy atom. The van der Waals surface area contributed by atoms with E-state index in [0.717, 1.165) is 24.8 Å². The third-order valence-corrected chi connectivity index (χ3v) is 24.3. The Morgan fingerprint density at radius 1 is 1.00 bits per heavy atom. The summed E-state index contributed by atoms with van der Waals surface area (Å²) in [4.78, 5) is 19.4. The molecule has 1 heterocycles. The predicted molar refractivity (Wildman–Crippen MR) is 233 cm³/mol. The van der Waals surface area contributed by atoms with E-state index < -0.39 is 22.2 Å². The van der Waals surface area contributed by atoms with E-state index in [4.69, 9.17) is 25.0 Å². The van der Waals surface area contributed by atoms with Gasteiger partial charge in [-0.3, -0.25) is 4.84 Å². The van der Waals surface area contributed by atoms with Gasteiger partial charge in [0.15, 0.2) is 22.2 Å². The molecule has 8 atom stereocenters. The summed E-state index contributed by atoms with van der Waals surface area (Å²) in [6, 6.07) is 10.6. The molecule has 6 nitrogen and oxygen atoms in total. The van der Waals surface area contributed by atoms with E-state index in [0.29, 0.717) is 30.7 Å². The molecule has 4 aliphatic rings. The van der Waals surface area contributed by atoms with Crippen LogP contribution < -0.4 is 0 Å². The Hall–Kier alpha value is -1.82. The summed E-state index contributed by atoms with van der Waals surface area (Å²) in [5.74, 6) is 1.41. The predicted octanol–water partition coefficient (Wildman–Crippen LogP) is 12.4. The Morgan fingerprint density at radius 2 is 1.64 bits per heavy atom. The number of methoxy groups -OCH3 is 1. The SMILES string of the molecule is C=C1C(=CC=C2CCC[C@]3(C)[C@@H]([C@H](C)CC4CC(C)(C(=O)OC)ON4Cc4ccccc4)CC[C@@H]23)C[C@@H](O[Si](C)(C)C(C)(C)C)C[C@@H]1O[Si](C)(C)C(C)(C)C. The van der Waals surface area contributed by atoms with Crippen LogP contribution in [0.1, 0.15) is 126 Å². The zero-order chi connectivity index (χ0) is 40.8. The van der Waals surface area contributed by atoms with Gasteiger partial charge < -0.3 is 13.6 Å². The van der Waals surface area contributed by atoms with Gasteiger partial charge in [-0.15, -0.1) is 0 Å². The molecule has 1 aromatic carbocycles. The molecule has 1 saturated heterocycles. The first kappa shape index (κ1) is 44.3. The summed E-state index contributed by atoms with van der Waals surface area (Å²) < 4.78 is 19.5. The van der Waals surface area contributed by atoms with Gasteiger partial charge in [0.25, 0.3) is 0 Å². The first-order valence-electron chi connectivity index (χ1n) is 21.4. The maximum Gasteiger partial charge on any atom is 0.340 e. The second-order valence-corrected chi connectivity index (χ2v) is 30.8. The average molecular weight is 792 g/mol. The third-order valence-electron chi connectivity index (χ3n) is 15.3. The Labute approximate surface area is 338 Å². The number of allylic oxidation sites excluding steroid dienone is 3. The molecule has 3 aliphatic carbocycles. The van der Waals surface area contributed by atoms with E-state index in [2.05, 4.69) is 123 Å². The van der Waals surface area contributed by atoms with Gasteiger partial charge in [0.1, 0.15) is 0 Å². The van der Waals surface area contributed by atoms with Crippen LogP contribution in [0, 0.1) is 23.2 Å². The van der Waals surface area contributed by atoms with Crippen LogP contribution in [-0.4, -0.2) is 58.6 Å². The largest absolute Gasteiger partial charge is 0.467 e. The van der Waals surface area contributed by atoms with E-state index in [9.17, 15) is 4.79 Å². The molecule has 1 aliphatic heterocycles. The summed E-state index contributed by atoms with van der Waals surface area (Å²) in [7, 11) is -2.54. The van der Waals surface area contributed by atoms with Crippen molar-refractivity contribution in [1.29, 1.82) is 0 Å². The molecule has 2 unspecified atom stereocenters. The Kier molecular flexibility index (Phi) is 13.2. The molecule has 4 fully saturated rings. The standard InChI is InChI=1S/C47H77NO5Si2/c1-33(28-38-31-47(10,43(49)50-11)53-48(38)32-35-20-17-16-18-21-35)40-25-26-41-36(22-19-27-46(40,41)9)23-24-37-29-39(51-54(12,13)44(3,4)5)30-42(34(37)2)52-55(14,15)45(6,7)8/h16-18,20-21,23-24,33,38-42H,2,19,22,25-32H2,1,3-15H3/t33-,38?,39-,40-,41+,42+,46-,47?/m1/s1. The number of benzene rings is 1. The maximum absolute atomic E-state index is 12.9. The highest BCUT2D eigenvalue weighted by Crippen LogP contribution is 2.60. The number of carbonyl (C=O) groups is 1. The normalized spacial score (nSPS) is 33.3. The summed E-state index contributed by atoms with van der Waals surface area (Å²) in [5, 5.41) is 2.36. The van der Waals surface area contributed by atoms with Crippen molar-refractivity contribution < 1.29 is 23.2 Å². The molecule has 0 aromatic heterocycles. The number of carbonyl (C=O) groups excluding carboxylic acids is 1. The fourth-order valence-electron chi connectivity index (χ4n) is 9.96. The third kappa shape index (κ3) is 9.57. The zero-order valence-corrected chi connectivity index (χ0v) is 39.3. The molecule has 1 aromatic rings. The van der Waals surface area contributed by atoms with E-state index >= 15 is 0 Å². The second-order valence-electron chi connectivity index (χ2n) is 21.3. The minimum absolute atomic E-state index is 0.00976. The number of nitrogens with zero attached hydrogens (tertiary/aromatic N) is 1. The van der Waals surface area contributed by atoms with Gasteiger partial charge in [0.2, 0.25) is 0 Å². The lowest BCUT2D eigenvalue weighted by atomic mass is 9.60. The smallest absolute Gasteiger partial charge is 0.340 e. The topological polar surface area (TPSA) is 57.2 Å². The van der Waals surface area contributed by atoms with Gasteiger partial charge in [0, 0.05) is 25.4 Å². The summed E-state index contributed by atoms with van der Waals surface area (Å²) >= 11 is 0. The van der Waals surface area contributed by atoms with E-state index in [1.54, 1.807) is 5.57 Å². The van der Waals surface area contributed by atoms with Gasteiger partial charge in [-0.1, -0.05) is 110 Å². The van der Waals surface area contributed by atoms with Crippen LogP contribution in [0.5, 0.6) is 0 Å². The van der Waals surface area contributed by atoms with Crippen molar-refractivity contribution >= 4 is 22.6 Å². The molecule has 5 rings (SSSR count). The van der Waals surface area contributed by atoms with Gasteiger partial charge in [-0.25, -0.2) is 4.79 Å². The average Bonchev–Trinajstić information content (AvgIpc) is 3.60. The number of hydrogen-bond acceptors (Lipinski definition) is 6. The lowest BCUT2D eigenvalue weighted by Crippen LogP contribution is -2.49. The van der Waals surface area contributed by atoms with Crippen LogP contribution in [-0.2, 0) is 29.8 Å². The number of ether oxygens (including phenoxy) is 1. The monoisotopic (exact) mass is 792 g/mol. The van der Waals surface area contributed by atoms with Crippen LogP contribution in [0.3, 0.4) is 0 Å². The number of fused-ring (bicyclic) bond motifs is 1. The highest BCUT2D eigenvalue weighted by Gasteiger charge is 2.54. The molecule has 8 heteroatoms. The first-order valence-corrected chi connectivity index (χ1v) is 27.2. The van der Waals surface area contributed by atoms with Crippen molar-refractivity contribution in [2.24, 2.45) is 23.2 Å². The van der Waals surface area contributed by atoms with Gasteiger partial charge >= 0.3 is 5.97 Å². The van der Waals surface area contributed by atoms with Crippen molar-refractivity contribution in [3.8, 4) is 0 Å². The van der Waals surface area contributed by atoms with Gasteiger partial charge in [0.05, 0.1) is 19.3 Å². The molecule has 0 spiro atoms. The minimum Gasteiger partial charge on any atom is -0.467 e.